The van der Waals surface area contributed by atoms with Crippen LogP contribution in [-0.2, 0) is 26.0 Å². The highest BCUT2D eigenvalue weighted by atomic mass is 32.2. The van der Waals surface area contributed by atoms with E-state index in [0.29, 0.717) is 24.9 Å². The maximum Gasteiger partial charge on any atom is 0.407 e. The van der Waals surface area contributed by atoms with E-state index in [-0.39, 0.29) is 24.0 Å². The molecule has 51 heavy (non-hydrogen) atoms. The maximum absolute atomic E-state index is 14.2. The van der Waals surface area contributed by atoms with E-state index in [0.717, 1.165) is 26.9 Å². The van der Waals surface area contributed by atoms with Crippen molar-refractivity contribution >= 4 is 49.3 Å². The van der Waals surface area contributed by atoms with Crippen LogP contribution in [0.5, 0.6) is 0 Å². The fourth-order valence-corrected chi connectivity index (χ4v) is 8.60. The molecule has 2 atom stereocenters. The Labute approximate surface area is 303 Å². The normalized spacial score (nSPS) is 13.0. The summed E-state index contributed by atoms with van der Waals surface area (Å²) in [6.07, 6.45) is 0.524. The number of fused-ring (bicyclic) bond motifs is 1. The van der Waals surface area contributed by atoms with Gasteiger partial charge in [0.25, 0.3) is 0 Å². The summed E-state index contributed by atoms with van der Waals surface area (Å²) in [6.45, 7) is 3.92. The second-order valence-corrected chi connectivity index (χ2v) is 15.5. The van der Waals surface area contributed by atoms with Gasteiger partial charge in [0.15, 0.2) is 0 Å². The largest absolute Gasteiger partial charge is 0.453 e. The minimum absolute atomic E-state index is 0.157. The highest BCUT2D eigenvalue weighted by molar-refractivity contribution is 7.89. The second kappa shape index (κ2) is 17.5. The van der Waals surface area contributed by atoms with Gasteiger partial charge in [-0.2, -0.15) is 4.31 Å². The van der Waals surface area contributed by atoms with Crippen LogP contribution in [0.3, 0.4) is 0 Å². The first-order valence-electron chi connectivity index (χ1n) is 16.9. The maximum atomic E-state index is 14.2. The minimum atomic E-state index is -3.97. The van der Waals surface area contributed by atoms with Crippen LogP contribution in [0.1, 0.15) is 49.3 Å². The monoisotopic (exact) mass is 728 g/mol. The Kier molecular flexibility index (Phi) is 12.9. The third-order valence-electron chi connectivity index (χ3n) is 8.87. The lowest BCUT2D eigenvalue weighted by atomic mass is 9.84. The lowest BCUT2D eigenvalue weighted by Crippen LogP contribution is -2.48. The zero-order chi connectivity index (χ0) is 36.4. The van der Waals surface area contributed by atoms with Gasteiger partial charge in [-0.1, -0.05) is 92.7 Å². The molecule has 0 fully saturated rings. The first kappa shape index (κ1) is 37.6. The van der Waals surface area contributed by atoms with E-state index >= 15 is 0 Å². The smallest absolute Gasteiger partial charge is 0.407 e. The van der Waals surface area contributed by atoms with E-state index in [2.05, 4.69) is 15.6 Å². The van der Waals surface area contributed by atoms with Gasteiger partial charge in [0.05, 0.1) is 34.3 Å². The highest BCUT2D eigenvalue weighted by Crippen LogP contribution is 2.31. The number of anilines is 1. The van der Waals surface area contributed by atoms with Gasteiger partial charge >= 0.3 is 6.09 Å². The van der Waals surface area contributed by atoms with Gasteiger partial charge in [-0.25, -0.2) is 18.2 Å². The third-order valence-corrected chi connectivity index (χ3v) is 11.6. The number of thiazole rings is 1. The van der Waals surface area contributed by atoms with Crippen molar-refractivity contribution in [3.8, 4) is 0 Å². The fraction of sp³-hybridized carbons (Fsp3) is 0.308. The van der Waals surface area contributed by atoms with E-state index in [9.17, 15) is 23.1 Å². The third kappa shape index (κ3) is 9.39. The molecule has 0 radical (unpaired) electrons. The molecule has 4 aromatic carbocycles. The Balaban J connectivity index is 1.41. The highest BCUT2D eigenvalue weighted by Gasteiger charge is 2.34. The number of nitrogens with one attached hydrogen (secondary N) is 2. The van der Waals surface area contributed by atoms with Gasteiger partial charge < -0.3 is 20.5 Å². The summed E-state index contributed by atoms with van der Waals surface area (Å²) in [5, 5.41) is 16.4. The van der Waals surface area contributed by atoms with Crippen molar-refractivity contribution in [3.05, 3.63) is 125 Å². The molecule has 5 rings (SSSR count). The molecule has 0 saturated carbocycles. The Hall–Kier alpha value is -4.62. The first-order chi connectivity index (χ1) is 24.6. The van der Waals surface area contributed by atoms with Gasteiger partial charge in [-0.05, 0) is 66.1 Å². The molecular weight excluding hydrogens is 685 g/mol. The topological polar surface area (TPSA) is 138 Å². The molecule has 10 nitrogen and oxygen atoms in total. The molecule has 0 aliphatic rings. The van der Waals surface area contributed by atoms with Gasteiger partial charge in [0.1, 0.15) is 6.04 Å². The number of aliphatic hydroxyl groups is 1. The number of aliphatic hydroxyl groups excluding tert-OH is 1. The number of alkyl carbamates (subject to hydrolysis) is 1. The summed E-state index contributed by atoms with van der Waals surface area (Å²) >= 11 is 1.37. The predicted octanol–water partition coefficient (Wildman–Crippen LogP) is 6.82. The van der Waals surface area contributed by atoms with Crippen molar-refractivity contribution < 1.29 is 27.9 Å². The van der Waals surface area contributed by atoms with Crippen LogP contribution in [0.25, 0.3) is 10.2 Å². The van der Waals surface area contributed by atoms with Crippen molar-refractivity contribution in [3.63, 3.8) is 0 Å². The summed E-state index contributed by atoms with van der Waals surface area (Å²) in [5.41, 5.74) is 5.34. The molecule has 0 aliphatic carbocycles. The number of carbonyl (C=O) groups excluding carboxylic acids is 2. The van der Waals surface area contributed by atoms with E-state index in [4.69, 9.17) is 4.74 Å². The molecule has 3 N–H and O–H groups in total. The number of amides is 2. The molecular formula is C39H44N4O6S2. The molecule has 5 aromatic rings. The summed E-state index contributed by atoms with van der Waals surface area (Å²) in [4.78, 5) is 31.3. The number of sulfonamides is 1. The molecule has 0 saturated heterocycles. The van der Waals surface area contributed by atoms with Crippen LogP contribution in [0.15, 0.2) is 114 Å². The van der Waals surface area contributed by atoms with E-state index in [1.165, 1.54) is 22.8 Å². The van der Waals surface area contributed by atoms with Crippen molar-refractivity contribution in [2.24, 2.45) is 5.92 Å². The number of hydrogen-bond donors (Lipinski definition) is 3. The van der Waals surface area contributed by atoms with Crippen molar-refractivity contribution in [1.29, 1.82) is 0 Å². The number of ether oxygens (including phenoxy) is 1. The van der Waals surface area contributed by atoms with E-state index in [1.54, 1.807) is 35.8 Å². The summed E-state index contributed by atoms with van der Waals surface area (Å²) in [7, 11) is -2.72. The van der Waals surface area contributed by atoms with Crippen LogP contribution in [-0.4, -0.2) is 67.2 Å². The number of methoxy groups -OCH3 is 1. The minimum Gasteiger partial charge on any atom is -0.453 e. The molecule has 0 aliphatic heterocycles. The quantitative estimate of drug-likeness (QED) is 0.101. The zero-order valence-corrected chi connectivity index (χ0v) is 30.6. The Bertz CT molecular complexity index is 1960. The van der Waals surface area contributed by atoms with Crippen molar-refractivity contribution in [1.82, 2.24) is 14.6 Å². The number of carbonyl (C=O) groups is 2. The van der Waals surface area contributed by atoms with Crippen LogP contribution in [0, 0.1) is 5.92 Å². The second-order valence-electron chi connectivity index (χ2n) is 12.7. The Morgan fingerprint density at radius 1 is 0.902 bits per heavy atom. The van der Waals surface area contributed by atoms with Gasteiger partial charge in [-0.15, -0.1) is 11.3 Å². The number of benzene rings is 4. The Morgan fingerprint density at radius 2 is 1.55 bits per heavy atom. The fourth-order valence-electron chi connectivity index (χ4n) is 6.12. The molecule has 2 amide bonds. The average molecular weight is 729 g/mol. The summed E-state index contributed by atoms with van der Waals surface area (Å²) in [5.74, 6) is -0.755. The lowest BCUT2D eigenvalue weighted by Gasteiger charge is -2.31. The number of para-hydroxylation sites is 1. The van der Waals surface area contributed by atoms with Gasteiger partial charge in [0, 0.05) is 24.2 Å². The van der Waals surface area contributed by atoms with Crippen LogP contribution < -0.4 is 10.6 Å². The van der Waals surface area contributed by atoms with Gasteiger partial charge in [-0.3, -0.25) is 4.79 Å². The van der Waals surface area contributed by atoms with Gasteiger partial charge in [0.2, 0.25) is 15.9 Å². The lowest BCUT2D eigenvalue weighted by molar-refractivity contribution is -0.118. The van der Waals surface area contributed by atoms with Crippen LogP contribution in [0.4, 0.5) is 10.5 Å². The van der Waals surface area contributed by atoms with E-state index in [1.807, 2.05) is 86.6 Å². The number of rotatable bonds is 16. The van der Waals surface area contributed by atoms with Crippen LogP contribution >= 0.6 is 11.3 Å². The summed E-state index contributed by atoms with van der Waals surface area (Å²) < 4.78 is 35.3. The van der Waals surface area contributed by atoms with E-state index < -0.39 is 40.0 Å². The number of aromatic nitrogens is 1. The van der Waals surface area contributed by atoms with Crippen LogP contribution in [0.2, 0.25) is 0 Å². The molecule has 0 spiro atoms. The first-order valence-corrected chi connectivity index (χ1v) is 19.2. The molecule has 1 aromatic heterocycles. The standard InChI is InChI=1S/C39H44N4O6S2/c1-27(2)22-23-43(51(47,48)32-20-21-34-35(24-32)50-26-40-34)31(25-44)19-18-28-12-10-11-17-33(28)41-38(45)37(42-39(46)49-3)36(29-13-6-4-7-14-29)30-15-8-5-9-16-30/h4-17,20-21,24,26-27,31,36-37,44H,18-19,22-23,25H2,1-3H3,(H,41,45)(H,42,46)/t31-,37-/m0/s1. The number of aryl methyl sites for hydroxylation is 1. The zero-order valence-electron chi connectivity index (χ0n) is 28.9. The van der Waals surface area contributed by atoms with Crippen molar-refractivity contribution in [2.45, 2.75) is 56.0 Å². The summed E-state index contributed by atoms with van der Waals surface area (Å²) in [6, 6.07) is 29.4. The molecule has 1 heterocycles. The van der Waals surface area contributed by atoms with Crippen molar-refractivity contribution in [2.75, 3.05) is 25.6 Å². The molecule has 268 valence electrons. The molecule has 0 unspecified atom stereocenters. The molecule has 12 heteroatoms. The SMILES string of the molecule is COC(=O)N[C@H](C(=O)Nc1ccccc1CC[C@@H](CO)N(CCC(C)C)S(=O)(=O)c1ccc2ncsc2c1)C(c1ccccc1)c1ccccc1. The Morgan fingerprint density at radius 3 is 2.18 bits per heavy atom. The predicted molar refractivity (Wildman–Crippen MR) is 201 cm³/mol. The number of nitrogens with zero attached hydrogens (tertiary/aromatic N) is 2. The number of hydrogen-bond acceptors (Lipinski definition) is 8. The average Bonchev–Trinajstić information content (AvgIpc) is 3.62. The molecule has 0 bridgehead atoms.